The Hall–Kier alpha value is -2.40. The third-order valence-corrected chi connectivity index (χ3v) is 7.84. The first-order valence-electron chi connectivity index (χ1n) is 9.02. The van der Waals surface area contributed by atoms with E-state index in [1.54, 1.807) is 0 Å². The van der Waals surface area contributed by atoms with Gasteiger partial charge >= 0.3 is 0 Å². The van der Waals surface area contributed by atoms with E-state index in [-0.39, 0.29) is 9.90 Å². The number of carbonyl (C=O) groups excluding carboxylic acids is 1. The van der Waals surface area contributed by atoms with Crippen molar-refractivity contribution >= 4 is 44.6 Å². The van der Waals surface area contributed by atoms with Crippen LogP contribution in [0.3, 0.4) is 0 Å². The summed E-state index contributed by atoms with van der Waals surface area (Å²) in [5.74, 6) is -0.898. The standard InChI is InChI=1S/C19H16ClFN4O3S2/c20-12-3-9-15(10-4-12)30(27,28)25-11-1-2-16(25)18-23-24-19(29-18)17(26)22-14-7-5-13(21)6-8-14/h3-10,16H,1-2,11H2,(H,22,26). The summed E-state index contributed by atoms with van der Waals surface area (Å²) >= 11 is 6.91. The van der Waals surface area contributed by atoms with Crippen LogP contribution in [0.4, 0.5) is 10.1 Å². The van der Waals surface area contributed by atoms with Crippen LogP contribution in [0, 0.1) is 5.82 Å². The minimum Gasteiger partial charge on any atom is -0.320 e. The fraction of sp³-hybridized carbons (Fsp3) is 0.211. The quantitative estimate of drug-likeness (QED) is 0.611. The summed E-state index contributed by atoms with van der Waals surface area (Å²) in [4.78, 5) is 12.6. The average molecular weight is 467 g/mol. The molecule has 1 aliphatic heterocycles. The molecule has 1 N–H and O–H groups in total. The van der Waals surface area contributed by atoms with Crippen molar-refractivity contribution in [2.24, 2.45) is 0 Å². The fourth-order valence-electron chi connectivity index (χ4n) is 3.20. The van der Waals surface area contributed by atoms with Gasteiger partial charge in [0.15, 0.2) is 0 Å². The SMILES string of the molecule is O=C(Nc1ccc(F)cc1)c1nnc(C2CCCN2S(=O)(=O)c2ccc(Cl)cc2)s1. The van der Waals surface area contributed by atoms with Crippen molar-refractivity contribution in [3.8, 4) is 0 Å². The van der Waals surface area contributed by atoms with Gasteiger partial charge < -0.3 is 5.32 Å². The van der Waals surface area contributed by atoms with Crippen molar-refractivity contribution in [2.75, 3.05) is 11.9 Å². The molecule has 30 heavy (non-hydrogen) atoms. The lowest BCUT2D eigenvalue weighted by Gasteiger charge is -2.22. The molecule has 4 rings (SSSR count). The van der Waals surface area contributed by atoms with Crippen LogP contribution in [0.5, 0.6) is 0 Å². The Kier molecular flexibility index (Phi) is 5.83. The molecule has 1 aliphatic rings. The van der Waals surface area contributed by atoms with Crippen molar-refractivity contribution in [1.29, 1.82) is 0 Å². The zero-order chi connectivity index (χ0) is 21.3. The molecule has 1 atom stereocenters. The summed E-state index contributed by atoms with van der Waals surface area (Å²) in [5.41, 5.74) is 0.422. The number of amides is 1. The minimum absolute atomic E-state index is 0.102. The zero-order valence-corrected chi connectivity index (χ0v) is 17.8. The number of rotatable bonds is 5. The van der Waals surface area contributed by atoms with Gasteiger partial charge in [0.2, 0.25) is 15.0 Å². The van der Waals surface area contributed by atoms with Crippen molar-refractivity contribution in [2.45, 2.75) is 23.8 Å². The number of anilines is 1. The van der Waals surface area contributed by atoms with Crippen LogP contribution < -0.4 is 5.32 Å². The van der Waals surface area contributed by atoms with Gasteiger partial charge in [0.05, 0.1) is 10.9 Å². The van der Waals surface area contributed by atoms with E-state index >= 15 is 0 Å². The van der Waals surface area contributed by atoms with Crippen LogP contribution in [0.15, 0.2) is 53.4 Å². The maximum atomic E-state index is 13.1. The molecule has 2 aromatic carbocycles. The van der Waals surface area contributed by atoms with Crippen LogP contribution in [0.2, 0.25) is 5.02 Å². The van der Waals surface area contributed by atoms with E-state index in [2.05, 4.69) is 15.5 Å². The Balaban J connectivity index is 1.54. The number of benzene rings is 2. The van der Waals surface area contributed by atoms with Gasteiger partial charge in [-0.25, -0.2) is 12.8 Å². The van der Waals surface area contributed by atoms with Crippen molar-refractivity contribution in [3.05, 3.63) is 69.4 Å². The topological polar surface area (TPSA) is 92.3 Å². The van der Waals surface area contributed by atoms with E-state index in [9.17, 15) is 17.6 Å². The van der Waals surface area contributed by atoms with Gasteiger partial charge in [-0.1, -0.05) is 22.9 Å². The molecule has 0 bridgehead atoms. The van der Waals surface area contributed by atoms with Gasteiger partial charge in [0.1, 0.15) is 10.8 Å². The maximum absolute atomic E-state index is 13.1. The molecule has 2 heterocycles. The van der Waals surface area contributed by atoms with Crippen LogP contribution in [-0.2, 0) is 10.0 Å². The minimum atomic E-state index is -3.74. The van der Waals surface area contributed by atoms with Crippen LogP contribution in [0.1, 0.15) is 33.7 Å². The number of nitrogens with one attached hydrogen (secondary N) is 1. The zero-order valence-electron chi connectivity index (χ0n) is 15.5. The van der Waals surface area contributed by atoms with Gasteiger partial charge in [-0.15, -0.1) is 10.2 Å². The summed E-state index contributed by atoms with van der Waals surface area (Å²) < 4.78 is 40.5. The molecule has 1 unspecified atom stereocenters. The summed E-state index contributed by atoms with van der Waals surface area (Å²) in [6, 6.07) is 10.8. The monoisotopic (exact) mass is 466 g/mol. The normalized spacial score (nSPS) is 17.2. The van der Waals surface area contributed by atoms with Crippen LogP contribution in [0.25, 0.3) is 0 Å². The lowest BCUT2D eigenvalue weighted by atomic mass is 10.2. The number of carbonyl (C=O) groups is 1. The molecule has 1 aromatic heterocycles. The molecule has 0 saturated carbocycles. The van der Waals surface area contributed by atoms with E-state index in [0.717, 1.165) is 11.3 Å². The number of sulfonamides is 1. The predicted molar refractivity (Wildman–Crippen MR) is 112 cm³/mol. The third-order valence-electron chi connectivity index (χ3n) is 4.65. The molecule has 3 aromatic rings. The van der Waals surface area contributed by atoms with E-state index < -0.39 is 27.8 Å². The van der Waals surface area contributed by atoms with Gasteiger partial charge in [0.25, 0.3) is 5.91 Å². The molecular formula is C19H16ClFN4O3S2. The number of nitrogens with zero attached hydrogens (tertiary/aromatic N) is 3. The maximum Gasteiger partial charge on any atom is 0.286 e. The second-order valence-electron chi connectivity index (χ2n) is 6.63. The lowest BCUT2D eigenvalue weighted by Crippen LogP contribution is -2.30. The van der Waals surface area contributed by atoms with E-state index in [1.165, 1.54) is 52.8 Å². The van der Waals surface area contributed by atoms with Gasteiger partial charge in [0, 0.05) is 17.3 Å². The van der Waals surface area contributed by atoms with Crippen LogP contribution in [-0.4, -0.2) is 35.4 Å². The van der Waals surface area contributed by atoms with Gasteiger partial charge in [-0.05, 0) is 61.4 Å². The Labute approximate surface area is 181 Å². The first-order chi connectivity index (χ1) is 14.3. The number of aromatic nitrogens is 2. The molecule has 0 spiro atoms. The smallest absolute Gasteiger partial charge is 0.286 e. The molecule has 7 nitrogen and oxygen atoms in total. The molecular weight excluding hydrogens is 451 g/mol. The van der Waals surface area contributed by atoms with Crippen molar-refractivity contribution in [3.63, 3.8) is 0 Å². The molecule has 1 amide bonds. The second-order valence-corrected chi connectivity index (χ2v) is 9.97. The van der Waals surface area contributed by atoms with E-state index in [4.69, 9.17) is 11.6 Å². The lowest BCUT2D eigenvalue weighted by molar-refractivity contribution is 0.102. The second kappa shape index (κ2) is 8.38. The Bertz CT molecular complexity index is 1170. The summed E-state index contributed by atoms with van der Waals surface area (Å²) in [7, 11) is -3.74. The Morgan fingerprint density at radius 3 is 2.53 bits per heavy atom. The Morgan fingerprint density at radius 1 is 1.13 bits per heavy atom. The highest BCUT2D eigenvalue weighted by Crippen LogP contribution is 2.38. The number of halogens is 2. The van der Waals surface area contributed by atoms with Gasteiger partial charge in [-0.3, -0.25) is 4.79 Å². The highest BCUT2D eigenvalue weighted by molar-refractivity contribution is 7.89. The molecule has 1 saturated heterocycles. The number of hydrogen-bond acceptors (Lipinski definition) is 6. The molecule has 0 radical (unpaired) electrons. The third kappa shape index (κ3) is 4.22. The summed E-state index contributed by atoms with van der Waals surface area (Å²) in [6.07, 6.45) is 1.26. The van der Waals surface area contributed by atoms with Crippen LogP contribution >= 0.6 is 22.9 Å². The summed E-state index contributed by atoms with van der Waals surface area (Å²) in [5, 5.41) is 11.6. The number of hydrogen-bond donors (Lipinski definition) is 1. The highest BCUT2D eigenvalue weighted by Gasteiger charge is 2.38. The summed E-state index contributed by atoms with van der Waals surface area (Å²) in [6.45, 7) is 0.353. The first kappa shape index (κ1) is 20.9. The molecule has 11 heteroatoms. The average Bonchev–Trinajstić information content (AvgIpc) is 3.40. The van der Waals surface area contributed by atoms with Gasteiger partial charge in [-0.2, -0.15) is 4.31 Å². The Morgan fingerprint density at radius 2 is 1.83 bits per heavy atom. The molecule has 1 fully saturated rings. The molecule has 156 valence electrons. The first-order valence-corrected chi connectivity index (χ1v) is 11.7. The fourth-order valence-corrected chi connectivity index (χ4v) is 5.93. The highest BCUT2D eigenvalue weighted by atomic mass is 35.5. The van der Waals surface area contributed by atoms with Crippen molar-refractivity contribution in [1.82, 2.24) is 14.5 Å². The largest absolute Gasteiger partial charge is 0.320 e. The van der Waals surface area contributed by atoms with Crippen molar-refractivity contribution < 1.29 is 17.6 Å². The predicted octanol–water partition coefficient (Wildman–Crippen LogP) is 4.11. The van der Waals surface area contributed by atoms with E-state index in [0.29, 0.717) is 35.1 Å². The van der Waals surface area contributed by atoms with E-state index in [1.807, 2.05) is 0 Å². The molecule has 0 aliphatic carbocycles.